The molecule has 9 heteroatoms. The lowest BCUT2D eigenvalue weighted by Crippen LogP contribution is -2.28. The predicted molar refractivity (Wildman–Crippen MR) is 106 cm³/mol. The molecule has 1 aromatic carbocycles. The lowest BCUT2D eigenvalue weighted by molar-refractivity contribution is -0.115. The van der Waals surface area contributed by atoms with Crippen molar-refractivity contribution in [2.24, 2.45) is 10.3 Å². The van der Waals surface area contributed by atoms with Gasteiger partial charge in [-0.2, -0.15) is 5.10 Å². The molecular formula is C17H18N4O3S2. The fourth-order valence-electron chi connectivity index (χ4n) is 1.92. The molecule has 0 saturated heterocycles. The minimum Gasteiger partial charge on any atom is -0.398 e. The quantitative estimate of drug-likeness (QED) is 0.432. The number of carbonyl (C=O) groups excluding carboxylic acids is 2. The molecule has 0 atom stereocenters. The van der Waals surface area contributed by atoms with E-state index in [1.807, 2.05) is 30.5 Å². The van der Waals surface area contributed by atoms with Gasteiger partial charge in [-0.25, -0.2) is 5.43 Å². The fraction of sp³-hybridized carbons (Fsp3) is 0.176. The van der Waals surface area contributed by atoms with Crippen LogP contribution in [0.1, 0.15) is 18.1 Å². The maximum Gasteiger partial charge on any atom is 0.294 e. The minimum absolute atomic E-state index is 0.0650. The summed E-state index contributed by atoms with van der Waals surface area (Å²) in [5.41, 5.74) is 3.87. The van der Waals surface area contributed by atoms with Crippen molar-refractivity contribution in [3.63, 3.8) is 0 Å². The van der Waals surface area contributed by atoms with Crippen LogP contribution in [-0.4, -0.2) is 37.1 Å². The molecular weight excluding hydrogens is 372 g/mol. The van der Waals surface area contributed by atoms with Crippen molar-refractivity contribution in [1.82, 2.24) is 5.43 Å². The highest BCUT2D eigenvalue weighted by Gasteiger charge is 2.17. The zero-order valence-corrected chi connectivity index (χ0v) is 16.1. The van der Waals surface area contributed by atoms with Crippen LogP contribution in [0.3, 0.4) is 0 Å². The van der Waals surface area contributed by atoms with Crippen LogP contribution in [0, 0.1) is 0 Å². The standard InChI is InChI=1S/C17H18N4O3S2/c1-11(22)19-15-8-13(10-26-15)16(21-24-2)17(23)20-18-9-12-4-6-14(25-3)7-5-12/h4-10H,1-3H3,(H,19,22)(H,20,23)/b18-9+,21-16+. The second-order valence-corrected chi connectivity index (χ2v) is 6.77. The lowest BCUT2D eigenvalue weighted by Gasteiger charge is -2.02. The Kier molecular flexibility index (Phi) is 7.37. The van der Waals surface area contributed by atoms with Crippen LogP contribution in [0.5, 0.6) is 0 Å². The van der Waals surface area contributed by atoms with Crippen LogP contribution in [0.2, 0.25) is 0 Å². The first-order valence-electron chi connectivity index (χ1n) is 7.48. The van der Waals surface area contributed by atoms with Gasteiger partial charge in [-0.15, -0.1) is 23.1 Å². The number of oxime groups is 1. The monoisotopic (exact) mass is 390 g/mol. The second kappa shape index (κ2) is 9.73. The fourth-order valence-corrected chi connectivity index (χ4v) is 3.16. The van der Waals surface area contributed by atoms with Gasteiger partial charge in [-0.05, 0) is 30.0 Å². The summed E-state index contributed by atoms with van der Waals surface area (Å²) >= 11 is 2.93. The van der Waals surface area contributed by atoms with E-state index in [0.29, 0.717) is 10.6 Å². The van der Waals surface area contributed by atoms with Crippen LogP contribution >= 0.6 is 23.1 Å². The highest BCUT2D eigenvalue weighted by atomic mass is 32.2. The molecule has 0 radical (unpaired) electrons. The first kappa shape index (κ1) is 19.7. The summed E-state index contributed by atoms with van der Waals surface area (Å²) in [4.78, 5) is 29.3. The maximum absolute atomic E-state index is 12.3. The van der Waals surface area contributed by atoms with Gasteiger partial charge in [0.25, 0.3) is 5.91 Å². The van der Waals surface area contributed by atoms with Gasteiger partial charge in [-0.1, -0.05) is 17.3 Å². The Morgan fingerprint density at radius 1 is 1.27 bits per heavy atom. The van der Waals surface area contributed by atoms with Gasteiger partial charge in [0.05, 0.1) is 11.2 Å². The Hall–Kier alpha value is -2.65. The average molecular weight is 390 g/mol. The van der Waals surface area contributed by atoms with Crippen molar-refractivity contribution in [2.45, 2.75) is 11.8 Å². The van der Waals surface area contributed by atoms with Gasteiger partial charge in [0.2, 0.25) is 5.91 Å². The molecule has 1 aromatic heterocycles. The molecule has 1 heterocycles. The third-order valence-corrected chi connectivity index (χ3v) is 4.65. The minimum atomic E-state index is -0.518. The maximum atomic E-state index is 12.3. The van der Waals surface area contributed by atoms with Gasteiger partial charge >= 0.3 is 0 Å². The number of hydrogen-bond donors (Lipinski definition) is 2. The third-order valence-electron chi connectivity index (χ3n) is 3.07. The highest BCUT2D eigenvalue weighted by Crippen LogP contribution is 2.21. The van der Waals surface area contributed by atoms with E-state index in [0.717, 1.165) is 10.5 Å². The SMILES string of the molecule is CO/N=C(/C(=O)N/N=C/c1ccc(SC)cc1)c1csc(NC(C)=O)c1. The summed E-state index contributed by atoms with van der Waals surface area (Å²) < 4.78 is 0. The number of thiophene rings is 1. The summed E-state index contributed by atoms with van der Waals surface area (Å²) in [6.45, 7) is 1.41. The Labute approximate surface area is 159 Å². The van der Waals surface area contributed by atoms with Gasteiger partial charge < -0.3 is 10.2 Å². The molecule has 0 unspecified atom stereocenters. The van der Waals surface area contributed by atoms with E-state index in [4.69, 9.17) is 4.84 Å². The smallest absolute Gasteiger partial charge is 0.294 e. The van der Waals surface area contributed by atoms with Crippen LogP contribution < -0.4 is 10.7 Å². The van der Waals surface area contributed by atoms with E-state index in [9.17, 15) is 9.59 Å². The van der Waals surface area contributed by atoms with E-state index >= 15 is 0 Å². The van der Waals surface area contributed by atoms with E-state index in [1.54, 1.807) is 29.4 Å². The largest absolute Gasteiger partial charge is 0.398 e. The zero-order chi connectivity index (χ0) is 18.9. The van der Waals surface area contributed by atoms with Gasteiger partial charge in [0.15, 0.2) is 5.71 Å². The first-order valence-corrected chi connectivity index (χ1v) is 9.59. The molecule has 0 aliphatic rings. The van der Waals surface area contributed by atoms with Crippen LogP contribution in [0.4, 0.5) is 5.00 Å². The molecule has 2 amide bonds. The first-order chi connectivity index (χ1) is 12.5. The van der Waals surface area contributed by atoms with Gasteiger partial charge in [0, 0.05) is 22.8 Å². The van der Waals surface area contributed by atoms with Gasteiger partial charge in [0.1, 0.15) is 7.11 Å². The summed E-state index contributed by atoms with van der Waals surface area (Å²) in [6.07, 6.45) is 3.55. The molecule has 0 fully saturated rings. The Morgan fingerprint density at radius 2 is 2.00 bits per heavy atom. The molecule has 2 aromatic rings. The number of anilines is 1. The number of hydrazone groups is 1. The molecule has 0 aliphatic heterocycles. The summed E-state index contributed by atoms with van der Waals surface area (Å²) in [5, 5.41) is 12.7. The normalized spacial score (nSPS) is 11.4. The molecule has 0 aliphatic carbocycles. The third kappa shape index (κ3) is 5.71. The highest BCUT2D eigenvalue weighted by molar-refractivity contribution is 7.98. The van der Waals surface area contributed by atoms with Crippen molar-refractivity contribution >= 4 is 51.8 Å². The summed E-state index contributed by atoms with van der Waals surface area (Å²) in [5.74, 6) is -0.707. The lowest BCUT2D eigenvalue weighted by atomic mass is 10.2. The molecule has 136 valence electrons. The predicted octanol–water partition coefficient (Wildman–Crippen LogP) is 2.93. The molecule has 0 spiro atoms. The second-order valence-electron chi connectivity index (χ2n) is 4.98. The van der Waals surface area contributed by atoms with Crippen molar-refractivity contribution < 1.29 is 14.4 Å². The molecule has 0 bridgehead atoms. The van der Waals surface area contributed by atoms with Crippen molar-refractivity contribution in [2.75, 3.05) is 18.7 Å². The number of rotatable bonds is 7. The summed E-state index contributed by atoms with van der Waals surface area (Å²) in [6, 6.07) is 9.41. The molecule has 7 nitrogen and oxygen atoms in total. The zero-order valence-electron chi connectivity index (χ0n) is 14.5. The molecule has 2 N–H and O–H groups in total. The topological polar surface area (TPSA) is 92.2 Å². The van der Waals surface area contributed by atoms with E-state index in [-0.39, 0.29) is 11.6 Å². The molecule has 0 saturated carbocycles. The van der Waals surface area contributed by atoms with Crippen molar-refractivity contribution in [3.8, 4) is 0 Å². The van der Waals surface area contributed by atoms with E-state index in [1.165, 1.54) is 25.4 Å². The number of nitrogens with one attached hydrogen (secondary N) is 2. The Morgan fingerprint density at radius 3 is 2.62 bits per heavy atom. The average Bonchev–Trinajstić information content (AvgIpc) is 3.07. The molecule has 2 rings (SSSR count). The summed E-state index contributed by atoms with van der Waals surface area (Å²) in [7, 11) is 1.35. The van der Waals surface area contributed by atoms with Gasteiger partial charge in [-0.3, -0.25) is 9.59 Å². The van der Waals surface area contributed by atoms with Crippen LogP contribution in [0.25, 0.3) is 0 Å². The molecule has 26 heavy (non-hydrogen) atoms. The number of nitrogens with zero attached hydrogens (tertiary/aromatic N) is 2. The Balaban J connectivity index is 2.06. The number of carbonyl (C=O) groups is 2. The van der Waals surface area contributed by atoms with Crippen LogP contribution in [-0.2, 0) is 14.4 Å². The van der Waals surface area contributed by atoms with E-state index in [2.05, 4.69) is 21.0 Å². The van der Waals surface area contributed by atoms with E-state index < -0.39 is 5.91 Å². The van der Waals surface area contributed by atoms with Crippen molar-refractivity contribution in [1.29, 1.82) is 0 Å². The number of amides is 2. The van der Waals surface area contributed by atoms with Crippen LogP contribution in [0.15, 0.2) is 50.9 Å². The number of hydrogen-bond acceptors (Lipinski definition) is 7. The number of benzene rings is 1. The number of thioether (sulfide) groups is 1. The Bertz CT molecular complexity index is 829. The van der Waals surface area contributed by atoms with Crippen molar-refractivity contribution in [3.05, 3.63) is 46.8 Å².